The van der Waals surface area contributed by atoms with Crippen LogP contribution in [0.3, 0.4) is 0 Å². The van der Waals surface area contributed by atoms with Gasteiger partial charge in [-0.3, -0.25) is 4.79 Å². The third-order valence-electron chi connectivity index (χ3n) is 9.74. The Hall–Kier alpha value is -5.55. The van der Waals surface area contributed by atoms with Gasteiger partial charge in [0.1, 0.15) is 12.2 Å². The summed E-state index contributed by atoms with van der Waals surface area (Å²) in [7, 11) is 0. The van der Waals surface area contributed by atoms with Gasteiger partial charge in [0, 0.05) is 43.6 Å². The van der Waals surface area contributed by atoms with E-state index in [1.165, 1.54) is 11.1 Å². The molecule has 2 saturated carbocycles. The Morgan fingerprint density at radius 1 is 0.909 bits per heavy atom. The monoisotopic (exact) mass is 763 g/mol. The Labute approximate surface area is 314 Å². The summed E-state index contributed by atoms with van der Waals surface area (Å²) in [6.45, 7) is 5.35. The highest BCUT2D eigenvalue weighted by molar-refractivity contribution is 5.84. The number of benzene rings is 2. The number of aromatic nitrogens is 6. The number of aliphatic carboxylic acids is 1. The smallest absolute Gasteiger partial charge is 0.475 e. The number of amides is 1. The molecule has 2 aliphatic carbocycles. The third kappa shape index (κ3) is 9.58. The minimum absolute atomic E-state index is 0.00667. The number of hydrogen-bond donors (Lipinski definition) is 6. The molecule has 7 rings (SSSR count). The number of carboxylic acids is 1. The molecule has 0 bridgehead atoms. The van der Waals surface area contributed by atoms with Crippen molar-refractivity contribution in [2.45, 2.75) is 82.0 Å². The van der Waals surface area contributed by atoms with E-state index in [0.717, 1.165) is 18.5 Å². The highest BCUT2D eigenvalue weighted by Gasteiger charge is 2.45. The molecule has 3 heterocycles. The average molecular weight is 764 g/mol. The van der Waals surface area contributed by atoms with E-state index in [9.17, 15) is 28.2 Å². The molecule has 3 aromatic heterocycles. The summed E-state index contributed by atoms with van der Waals surface area (Å²) in [5, 5.41) is 39.1. The molecule has 17 heteroatoms. The lowest BCUT2D eigenvalue weighted by Gasteiger charge is -2.20. The van der Waals surface area contributed by atoms with Gasteiger partial charge < -0.3 is 40.4 Å². The summed E-state index contributed by atoms with van der Waals surface area (Å²) < 4.78 is 35.6. The van der Waals surface area contributed by atoms with Crippen LogP contribution in [-0.4, -0.2) is 93.8 Å². The number of nitrogens with one attached hydrogen (secondary N) is 3. The van der Waals surface area contributed by atoms with Gasteiger partial charge in [-0.2, -0.15) is 23.1 Å². The van der Waals surface area contributed by atoms with Crippen LogP contribution in [0.5, 0.6) is 0 Å². The number of nitrogens with zero attached hydrogens (tertiary/aromatic N) is 6. The summed E-state index contributed by atoms with van der Waals surface area (Å²) in [6, 6.07) is 20.0. The lowest BCUT2D eigenvalue weighted by molar-refractivity contribution is -0.192. The van der Waals surface area contributed by atoms with Crippen LogP contribution in [0.4, 0.5) is 24.9 Å². The minimum Gasteiger partial charge on any atom is -0.475 e. The number of carboxylic acid groups (broad SMARTS) is 1. The summed E-state index contributed by atoms with van der Waals surface area (Å²) >= 11 is 0. The maximum absolute atomic E-state index is 12.5. The largest absolute Gasteiger partial charge is 0.490 e. The number of hydrogen-bond acceptors (Lipinski definition) is 10. The second-order valence-corrected chi connectivity index (χ2v) is 14.0. The zero-order valence-corrected chi connectivity index (χ0v) is 30.3. The van der Waals surface area contributed by atoms with E-state index in [0.29, 0.717) is 54.9 Å². The normalized spacial score (nSPS) is 19.7. The van der Waals surface area contributed by atoms with Crippen LogP contribution in [0.2, 0.25) is 0 Å². The fourth-order valence-corrected chi connectivity index (χ4v) is 6.53. The van der Waals surface area contributed by atoms with Gasteiger partial charge in [-0.05, 0) is 44.2 Å². The highest BCUT2D eigenvalue weighted by atomic mass is 19.4. The van der Waals surface area contributed by atoms with Gasteiger partial charge in [0.05, 0.1) is 30.4 Å². The van der Waals surface area contributed by atoms with Crippen molar-refractivity contribution in [1.29, 1.82) is 0 Å². The average Bonchev–Trinajstić information content (AvgIpc) is 3.67. The van der Waals surface area contributed by atoms with Crippen LogP contribution in [0, 0.1) is 5.92 Å². The number of fused-ring (bicyclic) bond motifs is 1. The van der Waals surface area contributed by atoms with Gasteiger partial charge in [0.15, 0.2) is 17.0 Å². The fourth-order valence-electron chi connectivity index (χ4n) is 6.53. The van der Waals surface area contributed by atoms with Crippen molar-refractivity contribution in [3.8, 4) is 0 Å². The first-order valence-electron chi connectivity index (χ1n) is 18.1. The van der Waals surface area contributed by atoms with Crippen LogP contribution in [0.15, 0.2) is 79.5 Å². The maximum Gasteiger partial charge on any atom is 0.490 e. The van der Waals surface area contributed by atoms with E-state index in [-0.39, 0.29) is 17.7 Å². The number of aliphatic hydroxyl groups is 2. The van der Waals surface area contributed by atoms with Crippen LogP contribution in [-0.2, 0) is 16.0 Å². The molecule has 2 aliphatic rings. The first-order valence-corrected chi connectivity index (χ1v) is 18.1. The highest BCUT2D eigenvalue weighted by Crippen LogP contribution is 2.36. The number of imidazole rings is 2. The van der Waals surface area contributed by atoms with Crippen molar-refractivity contribution in [2.24, 2.45) is 5.92 Å². The zero-order chi connectivity index (χ0) is 39.3. The predicted octanol–water partition coefficient (Wildman–Crippen LogP) is 4.70. The molecule has 0 spiro atoms. The van der Waals surface area contributed by atoms with Gasteiger partial charge in [-0.1, -0.05) is 60.7 Å². The van der Waals surface area contributed by atoms with Crippen molar-refractivity contribution in [1.82, 2.24) is 34.4 Å². The Balaban J connectivity index is 0.000000672. The van der Waals surface area contributed by atoms with Crippen LogP contribution in [0.1, 0.15) is 67.9 Å². The fraction of sp³-hybridized carbons (Fsp3) is 0.421. The van der Waals surface area contributed by atoms with Crippen molar-refractivity contribution in [3.05, 3.63) is 96.3 Å². The van der Waals surface area contributed by atoms with Crippen molar-refractivity contribution >= 4 is 34.8 Å². The molecule has 292 valence electrons. The van der Waals surface area contributed by atoms with Crippen molar-refractivity contribution in [3.63, 3.8) is 0 Å². The van der Waals surface area contributed by atoms with E-state index in [4.69, 9.17) is 24.9 Å². The number of alkyl halides is 3. The number of carbonyl (C=O) groups is 2. The number of halogens is 3. The molecule has 1 amide bonds. The first kappa shape index (κ1) is 39.2. The molecule has 0 radical (unpaired) electrons. The summed E-state index contributed by atoms with van der Waals surface area (Å²) in [6.07, 6.45) is 1.02. The molecule has 4 atom stereocenters. The minimum atomic E-state index is -5.08. The molecule has 14 nitrogen and oxygen atoms in total. The maximum atomic E-state index is 12.5. The van der Waals surface area contributed by atoms with Crippen molar-refractivity contribution < 1.29 is 38.1 Å². The molecule has 0 aliphatic heterocycles. The molecule has 55 heavy (non-hydrogen) atoms. The van der Waals surface area contributed by atoms with Crippen LogP contribution in [0.25, 0.3) is 11.2 Å². The SMILES string of the molecule is CC(C)n1cnc(CCNc2nc(NCC(c3ccccc3)c3ccccc3)c3ncn([C@@H]4C[C@H](NC(=O)C5CC5)[C@@H](O)[C@H]4O)c3n2)c1.O=C(O)C(F)(F)F. The molecular formula is C38H44F3N9O5. The molecule has 0 saturated heterocycles. The van der Waals surface area contributed by atoms with E-state index in [1.54, 1.807) is 10.9 Å². The lowest BCUT2D eigenvalue weighted by Crippen LogP contribution is -2.43. The van der Waals surface area contributed by atoms with Gasteiger partial charge in [0.2, 0.25) is 11.9 Å². The topological polar surface area (TPSA) is 192 Å². The van der Waals surface area contributed by atoms with Crippen LogP contribution >= 0.6 is 0 Å². The first-order chi connectivity index (χ1) is 26.3. The van der Waals surface area contributed by atoms with Gasteiger partial charge in [-0.25, -0.2) is 14.8 Å². The predicted molar refractivity (Wildman–Crippen MR) is 197 cm³/mol. The van der Waals surface area contributed by atoms with Gasteiger partial charge in [-0.15, -0.1) is 0 Å². The van der Waals surface area contributed by atoms with Gasteiger partial charge >= 0.3 is 12.1 Å². The number of carbonyl (C=O) groups excluding carboxylic acids is 1. The number of rotatable bonds is 13. The summed E-state index contributed by atoms with van der Waals surface area (Å²) in [5.41, 5.74) is 4.41. The summed E-state index contributed by atoms with van der Waals surface area (Å²) in [5.74, 6) is -1.78. The molecular weight excluding hydrogens is 719 g/mol. The standard InChI is InChI=1S/C36H43N9O3.C2HF3O2/c1-22(2)44-19-26(39-20-44)15-16-37-36-42-33(38-18-27(23-9-5-3-6-10-23)24-11-7-4-8-12-24)30-34(43-36)45(21-40-30)29-17-28(31(46)32(29)47)41-35(48)25-13-14-25;3-2(4,5)1(6)7/h3-12,19-22,25,27-29,31-32,46-47H,13-18H2,1-2H3,(H,41,48)(H2,37,38,42,43);(H,6,7)/t28-,29+,31+,32-;/m0./s1. The second-order valence-electron chi connectivity index (χ2n) is 14.0. The summed E-state index contributed by atoms with van der Waals surface area (Å²) in [4.78, 5) is 40.4. The molecule has 2 fully saturated rings. The molecule has 5 aromatic rings. The Kier molecular flexibility index (Phi) is 12.0. The van der Waals surface area contributed by atoms with E-state index in [2.05, 4.69) is 69.8 Å². The van der Waals surface area contributed by atoms with E-state index >= 15 is 0 Å². The quantitative estimate of drug-likeness (QED) is 0.0975. The molecule has 6 N–H and O–H groups in total. The molecule has 2 aromatic carbocycles. The van der Waals surface area contributed by atoms with E-state index in [1.807, 2.05) is 42.7 Å². The Morgan fingerprint density at radius 2 is 1.55 bits per heavy atom. The van der Waals surface area contributed by atoms with Crippen molar-refractivity contribution in [2.75, 3.05) is 23.7 Å². The third-order valence-corrected chi connectivity index (χ3v) is 9.74. The number of aliphatic hydroxyl groups excluding tert-OH is 2. The molecule has 0 unspecified atom stereocenters. The Morgan fingerprint density at radius 3 is 2.11 bits per heavy atom. The van der Waals surface area contributed by atoms with E-state index < -0.39 is 36.4 Å². The second kappa shape index (κ2) is 16.9. The zero-order valence-electron chi connectivity index (χ0n) is 30.3. The number of anilines is 2. The Bertz CT molecular complexity index is 2020. The lowest BCUT2D eigenvalue weighted by atomic mass is 9.91. The van der Waals surface area contributed by atoms with Gasteiger partial charge in [0.25, 0.3) is 0 Å². The van der Waals surface area contributed by atoms with Crippen LogP contribution < -0.4 is 16.0 Å².